The molecule has 0 spiro atoms. The topological polar surface area (TPSA) is 74.4 Å². The maximum Gasteiger partial charge on any atom is 0.173 e. The van der Waals surface area contributed by atoms with Gasteiger partial charge >= 0.3 is 0 Å². The molecule has 4 N–H and O–H groups in total. The molecule has 0 aliphatic rings. The van der Waals surface area contributed by atoms with E-state index in [4.69, 9.17) is 5.73 Å². The Morgan fingerprint density at radius 1 is 0.964 bits per heavy atom. The van der Waals surface area contributed by atoms with Gasteiger partial charge in [-0.3, -0.25) is 0 Å². The van der Waals surface area contributed by atoms with Gasteiger partial charge < -0.3 is 15.9 Å². The van der Waals surface area contributed by atoms with Crippen molar-refractivity contribution in [3.05, 3.63) is 83.6 Å². The lowest BCUT2D eigenvalue weighted by Gasteiger charge is -2.19. The first-order valence-corrected chi connectivity index (χ1v) is 8.65. The van der Waals surface area contributed by atoms with E-state index in [1.165, 1.54) is 6.92 Å². The number of hydrogen-bond donors (Lipinski definition) is 3. The third-order valence-corrected chi connectivity index (χ3v) is 4.87. The zero-order valence-electron chi connectivity index (χ0n) is 15.0. The minimum absolute atomic E-state index is 0.128. The third-order valence-electron chi connectivity index (χ3n) is 4.87. The second kappa shape index (κ2) is 6.81. The molecule has 0 unspecified atom stereocenters. The van der Waals surface area contributed by atoms with E-state index in [-0.39, 0.29) is 22.3 Å². The highest BCUT2D eigenvalue weighted by atomic mass is 19.1. The molecule has 1 heterocycles. The standard InChI is InChI=1S/C22H17F2N3O/c1-12-20(23)18(15-7-8-16-14(11-15)9-10-26-16)17(13-5-3-2-4-6-13)19(21(12)24)22(25)27-28/h2-11,26,28H,1H3,(H2,25,27). The molecule has 0 atom stereocenters. The first-order chi connectivity index (χ1) is 13.5. The van der Waals surface area contributed by atoms with Crippen LogP contribution in [0.2, 0.25) is 0 Å². The van der Waals surface area contributed by atoms with Gasteiger partial charge in [0.15, 0.2) is 5.84 Å². The Balaban J connectivity index is 2.16. The summed E-state index contributed by atoms with van der Waals surface area (Å²) >= 11 is 0. The first-order valence-electron chi connectivity index (χ1n) is 8.65. The maximum atomic E-state index is 15.4. The summed E-state index contributed by atoms with van der Waals surface area (Å²) < 4.78 is 30.4. The van der Waals surface area contributed by atoms with Crippen LogP contribution in [0.5, 0.6) is 0 Å². The van der Waals surface area contributed by atoms with E-state index in [1.807, 2.05) is 18.2 Å². The molecule has 0 bridgehead atoms. The van der Waals surface area contributed by atoms with Crippen LogP contribution in [0.3, 0.4) is 0 Å². The number of benzene rings is 3. The van der Waals surface area contributed by atoms with Crippen LogP contribution in [0.25, 0.3) is 33.2 Å². The largest absolute Gasteiger partial charge is 0.409 e. The number of oxime groups is 1. The number of nitrogens with zero attached hydrogens (tertiary/aromatic N) is 1. The zero-order valence-corrected chi connectivity index (χ0v) is 15.0. The van der Waals surface area contributed by atoms with E-state index in [9.17, 15) is 5.21 Å². The molecule has 4 rings (SSSR count). The predicted octanol–water partition coefficient (Wildman–Crippen LogP) is 5.18. The average molecular weight is 377 g/mol. The van der Waals surface area contributed by atoms with Gasteiger partial charge in [0.05, 0.1) is 5.56 Å². The monoisotopic (exact) mass is 377 g/mol. The molecule has 0 saturated heterocycles. The summed E-state index contributed by atoms with van der Waals surface area (Å²) in [6.07, 6.45) is 1.79. The molecular formula is C22H17F2N3O. The van der Waals surface area contributed by atoms with Crippen molar-refractivity contribution in [2.24, 2.45) is 10.9 Å². The second-order valence-electron chi connectivity index (χ2n) is 6.51. The predicted molar refractivity (Wildman–Crippen MR) is 106 cm³/mol. The molecule has 6 heteroatoms. The lowest BCUT2D eigenvalue weighted by Crippen LogP contribution is -2.19. The Bertz CT molecular complexity index is 1210. The Morgan fingerprint density at radius 2 is 1.71 bits per heavy atom. The van der Waals surface area contributed by atoms with Crippen molar-refractivity contribution in [1.82, 2.24) is 4.98 Å². The zero-order chi connectivity index (χ0) is 19.8. The molecule has 0 aliphatic carbocycles. The summed E-state index contributed by atoms with van der Waals surface area (Å²) in [4.78, 5) is 3.09. The smallest absolute Gasteiger partial charge is 0.173 e. The number of nitrogens with two attached hydrogens (primary N) is 1. The molecular weight excluding hydrogens is 360 g/mol. The number of hydrogen-bond acceptors (Lipinski definition) is 2. The Labute approximate surface area is 159 Å². The minimum Gasteiger partial charge on any atom is -0.409 e. The first kappa shape index (κ1) is 17.7. The quantitative estimate of drug-likeness (QED) is 0.199. The van der Waals surface area contributed by atoms with Crippen LogP contribution in [0, 0.1) is 18.6 Å². The number of H-pyrrole nitrogens is 1. The molecule has 4 aromatic rings. The van der Waals surface area contributed by atoms with Gasteiger partial charge in [-0.25, -0.2) is 8.78 Å². The van der Waals surface area contributed by atoms with Gasteiger partial charge in [-0.1, -0.05) is 41.6 Å². The van der Waals surface area contributed by atoms with Crippen molar-refractivity contribution in [2.75, 3.05) is 0 Å². The molecule has 28 heavy (non-hydrogen) atoms. The van der Waals surface area contributed by atoms with Crippen LogP contribution in [-0.2, 0) is 0 Å². The molecule has 0 amide bonds. The number of nitrogens with one attached hydrogen (secondary N) is 1. The highest BCUT2D eigenvalue weighted by molar-refractivity contribution is 6.07. The van der Waals surface area contributed by atoms with Crippen molar-refractivity contribution in [2.45, 2.75) is 6.92 Å². The summed E-state index contributed by atoms with van der Waals surface area (Å²) in [6, 6.07) is 16.1. The van der Waals surface area contributed by atoms with Gasteiger partial charge in [0, 0.05) is 28.4 Å². The number of fused-ring (bicyclic) bond motifs is 1. The van der Waals surface area contributed by atoms with Gasteiger partial charge in [0.1, 0.15) is 11.6 Å². The Morgan fingerprint density at radius 3 is 2.43 bits per heavy atom. The van der Waals surface area contributed by atoms with Crippen LogP contribution in [-0.4, -0.2) is 16.0 Å². The summed E-state index contributed by atoms with van der Waals surface area (Å²) in [5.41, 5.74) is 7.97. The fourth-order valence-electron chi connectivity index (χ4n) is 3.48. The molecule has 0 fully saturated rings. The van der Waals surface area contributed by atoms with E-state index < -0.39 is 17.5 Å². The van der Waals surface area contributed by atoms with Crippen LogP contribution in [0.15, 0.2) is 65.9 Å². The van der Waals surface area contributed by atoms with E-state index >= 15 is 8.78 Å². The normalized spacial score (nSPS) is 11.9. The molecule has 0 radical (unpaired) electrons. The molecule has 0 aliphatic heterocycles. The fourth-order valence-corrected chi connectivity index (χ4v) is 3.48. The third kappa shape index (κ3) is 2.70. The van der Waals surface area contributed by atoms with Crippen LogP contribution in [0.4, 0.5) is 8.78 Å². The lowest BCUT2D eigenvalue weighted by molar-refractivity contribution is 0.318. The molecule has 1 aromatic heterocycles. The van der Waals surface area contributed by atoms with Crippen molar-refractivity contribution in [3.8, 4) is 22.3 Å². The summed E-state index contributed by atoms with van der Waals surface area (Å²) in [6.45, 7) is 1.34. The van der Waals surface area contributed by atoms with Crippen molar-refractivity contribution < 1.29 is 14.0 Å². The summed E-state index contributed by atoms with van der Waals surface area (Å²) in [5, 5.41) is 13.1. The van der Waals surface area contributed by atoms with Crippen molar-refractivity contribution in [3.63, 3.8) is 0 Å². The number of aromatic nitrogens is 1. The van der Waals surface area contributed by atoms with Gasteiger partial charge in [-0.05, 0) is 41.6 Å². The van der Waals surface area contributed by atoms with Crippen molar-refractivity contribution >= 4 is 16.7 Å². The van der Waals surface area contributed by atoms with E-state index in [2.05, 4.69) is 10.1 Å². The van der Waals surface area contributed by atoms with Crippen LogP contribution >= 0.6 is 0 Å². The number of rotatable bonds is 3. The summed E-state index contributed by atoms with van der Waals surface area (Å²) in [5.74, 6) is -1.94. The Kier molecular flexibility index (Phi) is 4.31. The second-order valence-corrected chi connectivity index (χ2v) is 6.51. The number of halogens is 2. The van der Waals surface area contributed by atoms with Gasteiger partial charge in [-0.2, -0.15) is 0 Å². The van der Waals surface area contributed by atoms with E-state index in [1.54, 1.807) is 42.6 Å². The van der Waals surface area contributed by atoms with Crippen molar-refractivity contribution in [1.29, 1.82) is 0 Å². The fraction of sp³-hybridized carbons (Fsp3) is 0.0455. The molecule has 4 nitrogen and oxygen atoms in total. The maximum absolute atomic E-state index is 15.4. The number of amidine groups is 1. The van der Waals surface area contributed by atoms with Crippen LogP contribution in [0.1, 0.15) is 11.1 Å². The van der Waals surface area contributed by atoms with Crippen LogP contribution < -0.4 is 5.73 Å². The van der Waals surface area contributed by atoms with Gasteiger partial charge in [0.2, 0.25) is 0 Å². The van der Waals surface area contributed by atoms with E-state index in [0.717, 1.165) is 10.9 Å². The minimum atomic E-state index is -0.849. The lowest BCUT2D eigenvalue weighted by atomic mass is 9.87. The highest BCUT2D eigenvalue weighted by Crippen LogP contribution is 2.41. The highest BCUT2D eigenvalue weighted by Gasteiger charge is 2.26. The number of aromatic amines is 1. The molecule has 0 saturated carbocycles. The summed E-state index contributed by atoms with van der Waals surface area (Å²) in [7, 11) is 0. The molecule has 140 valence electrons. The SMILES string of the molecule is Cc1c(F)c(C(N)=NO)c(-c2ccccc2)c(-c2ccc3[nH]ccc3c2)c1F. The van der Waals surface area contributed by atoms with E-state index in [0.29, 0.717) is 11.1 Å². The molecule has 3 aromatic carbocycles. The average Bonchev–Trinajstić information content (AvgIpc) is 3.19. The Hall–Kier alpha value is -3.67. The van der Waals surface area contributed by atoms with Gasteiger partial charge in [-0.15, -0.1) is 0 Å². The van der Waals surface area contributed by atoms with Gasteiger partial charge in [0.25, 0.3) is 0 Å².